The molecule has 0 unspecified atom stereocenters. The predicted molar refractivity (Wildman–Crippen MR) is 32.5 cm³/mol. The lowest BCUT2D eigenvalue weighted by Crippen LogP contribution is -2.40. The van der Waals surface area contributed by atoms with Crippen molar-refractivity contribution in [3.8, 4) is 0 Å². The molecule has 0 aromatic heterocycles. The minimum Gasteiger partial charge on any atom is -0.299 e. The molecule has 0 spiro atoms. The number of nitrogens with two attached hydrogens (primary N) is 1. The van der Waals surface area contributed by atoms with Crippen LogP contribution < -0.4 is 5.84 Å². The first-order chi connectivity index (χ1) is 3.80. The monoisotopic (exact) mass is 113 g/mol. The molecule has 46 valence electrons. The zero-order valence-electron chi connectivity index (χ0n) is 4.85. The molecule has 0 atom stereocenters. The van der Waals surface area contributed by atoms with Crippen molar-refractivity contribution in [1.82, 2.24) is 5.01 Å². The molecule has 1 heterocycles. The summed E-state index contributed by atoms with van der Waals surface area (Å²) in [6, 6.07) is 0. The zero-order valence-corrected chi connectivity index (χ0v) is 4.85. The van der Waals surface area contributed by atoms with Crippen LogP contribution in [0.3, 0.4) is 0 Å². The van der Waals surface area contributed by atoms with Crippen LogP contribution in [0, 0.1) is 5.41 Å². The Bertz CT molecular complexity index is 99.8. The topological polar surface area (TPSA) is 53.1 Å². The van der Waals surface area contributed by atoms with Gasteiger partial charge in [-0.25, -0.2) is 5.84 Å². The van der Waals surface area contributed by atoms with Gasteiger partial charge in [0.25, 0.3) is 0 Å². The summed E-state index contributed by atoms with van der Waals surface area (Å²) in [4.78, 5) is 0. The number of nitrogens with zero attached hydrogens (tertiary/aromatic N) is 1. The van der Waals surface area contributed by atoms with Crippen molar-refractivity contribution in [2.45, 2.75) is 19.3 Å². The van der Waals surface area contributed by atoms with Crippen LogP contribution in [-0.4, -0.2) is 17.4 Å². The Hall–Kier alpha value is -0.570. The molecule has 0 amide bonds. The third-order valence-corrected chi connectivity index (χ3v) is 1.41. The lowest BCUT2D eigenvalue weighted by molar-refractivity contribution is 0.381. The molecule has 3 N–H and O–H groups in total. The molecule has 0 bridgehead atoms. The van der Waals surface area contributed by atoms with Gasteiger partial charge in [-0.1, -0.05) is 0 Å². The van der Waals surface area contributed by atoms with Crippen LogP contribution >= 0.6 is 0 Å². The van der Waals surface area contributed by atoms with Gasteiger partial charge in [-0.05, 0) is 12.8 Å². The van der Waals surface area contributed by atoms with Crippen LogP contribution in [0.1, 0.15) is 19.3 Å². The van der Waals surface area contributed by atoms with Gasteiger partial charge in [-0.2, -0.15) is 0 Å². The van der Waals surface area contributed by atoms with Crippen LogP contribution in [0.5, 0.6) is 0 Å². The average molecular weight is 113 g/mol. The second kappa shape index (κ2) is 2.13. The van der Waals surface area contributed by atoms with E-state index < -0.39 is 0 Å². The van der Waals surface area contributed by atoms with E-state index in [1.54, 1.807) is 0 Å². The van der Waals surface area contributed by atoms with E-state index in [2.05, 4.69) is 0 Å². The maximum absolute atomic E-state index is 7.20. The fraction of sp³-hybridized carbons (Fsp3) is 0.800. The Morgan fingerprint density at radius 1 is 1.50 bits per heavy atom. The van der Waals surface area contributed by atoms with Crippen LogP contribution in [0.15, 0.2) is 0 Å². The summed E-state index contributed by atoms with van der Waals surface area (Å²) < 4.78 is 0. The number of amidine groups is 1. The summed E-state index contributed by atoms with van der Waals surface area (Å²) in [6.45, 7) is 0.860. The molecule has 0 saturated carbocycles. The van der Waals surface area contributed by atoms with Gasteiger partial charge in [-0.3, -0.25) is 10.4 Å². The van der Waals surface area contributed by atoms with Crippen molar-refractivity contribution >= 4 is 5.84 Å². The Balaban J connectivity index is 2.39. The lowest BCUT2D eigenvalue weighted by atomic mass is 10.1. The van der Waals surface area contributed by atoms with Crippen molar-refractivity contribution in [1.29, 1.82) is 5.41 Å². The minimum absolute atomic E-state index is 0.580. The quantitative estimate of drug-likeness (QED) is 0.444. The van der Waals surface area contributed by atoms with Crippen molar-refractivity contribution in [3.63, 3.8) is 0 Å². The van der Waals surface area contributed by atoms with Gasteiger partial charge in [0.15, 0.2) is 0 Å². The lowest BCUT2D eigenvalue weighted by Gasteiger charge is -2.23. The van der Waals surface area contributed by atoms with Crippen LogP contribution in [-0.2, 0) is 0 Å². The highest BCUT2D eigenvalue weighted by atomic mass is 15.4. The molecule has 1 fully saturated rings. The van der Waals surface area contributed by atoms with Crippen molar-refractivity contribution in [2.24, 2.45) is 5.84 Å². The standard InChI is InChI=1S/C5H11N3/c6-5-3-1-2-4-8(5)7/h6H,1-4,7H2. The maximum Gasteiger partial charge on any atom is 0.110 e. The number of nitrogens with one attached hydrogen (secondary N) is 1. The number of hydrogen-bond donors (Lipinski definition) is 2. The first kappa shape index (κ1) is 5.56. The number of rotatable bonds is 0. The van der Waals surface area contributed by atoms with Gasteiger partial charge in [0, 0.05) is 13.0 Å². The maximum atomic E-state index is 7.20. The Labute approximate surface area is 48.9 Å². The average Bonchev–Trinajstić information content (AvgIpc) is 1.77. The van der Waals surface area contributed by atoms with E-state index in [0.29, 0.717) is 5.84 Å². The second-order valence-electron chi connectivity index (χ2n) is 2.10. The molecule has 3 heteroatoms. The van der Waals surface area contributed by atoms with Crippen LogP contribution in [0.2, 0.25) is 0 Å². The number of piperidine rings is 1. The van der Waals surface area contributed by atoms with Gasteiger partial charge in [0.2, 0.25) is 0 Å². The molecule has 8 heavy (non-hydrogen) atoms. The van der Waals surface area contributed by atoms with E-state index in [0.717, 1.165) is 25.8 Å². The molecule has 1 aliphatic heterocycles. The molecule has 1 aliphatic rings. The fourth-order valence-corrected chi connectivity index (χ4v) is 0.853. The third-order valence-electron chi connectivity index (χ3n) is 1.41. The number of hydrazine groups is 1. The van der Waals surface area contributed by atoms with E-state index in [9.17, 15) is 0 Å². The highest BCUT2D eigenvalue weighted by molar-refractivity contribution is 5.78. The summed E-state index contributed by atoms with van der Waals surface area (Å²) in [5, 5.41) is 8.71. The summed E-state index contributed by atoms with van der Waals surface area (Å²) in [5.41, 5.74) is 0. The number of hydrogen-bond acceptors (Lipinski definition) is 2. The molecular weight excluding hydrogens is 102 g/mol. The van der Waals surface area contributed by atoms with Crippen molar-refractivity contribution < 1.29 is 0 Å². The minimum atomic E-state index is 0.580. The first-order valence-corrected chi connectivity index (χ1v) is 2.90. The fourth-order valence-electron chi connectivity index (χ4n) is 0.853. The van der Waals surface area contributed by atoms with Gasteiger partial charge in [0.1, 0.15) is 5.84 Å². The molecule has 0 aromatic carbocycles. The van der Waals surface area contributed by atoms with Gasteiger partial charge < -0.3 is 0 Å². The zero-order chi connectivity index (χ0) is 5.98. The van der Waals surface area contributed by atoms with Crippen molar-refractivity contribution in [3.05, 3.63) is 0 Å². The van der Waals surface area contributed by atoms with E-state index >= 15 is 0 Å². The highest BCUT2D eigenvalue weighted by Crippen LogP contribution is 2.05. The molecular formula is C5H11N3. The highest BCUT2D eigenvalue weighted by Gasteiger charge is 2.09. The summed E-state index contributed by atoms with van der Waals surface area (Å²) >= 11 is 0. The molecule has 1 saturated heterocycles. The Morgan fingerprint density at radius 2 is 2.25 bits per heavy atom. The van der Waals surface area contributed by atoms with E-state index in [1.165, 1.54) is 5.01 Å². The summed E-state index contributed by atoms with van der Waals surface area (Å²) in [6.07, 6.45) is 3.13. The van der Waals surface area contributed by atoms with E-state index in [-0.39, 0.29) is 0 Å². The summed E-state index contributed by atoms with van der Waals surface area (Å²) in [5.74, 6) is 5.97. The van der Waals surface area contributed by atoms with Crippen molar-refractivity contribution in [2.75, 3.05) is 6.54 Å². The second-order valence-corrected chi connectivity index (χ2v) is 2.10. The molecule has 0 radical (unpaired) electrons. The largest absolute Gasteiger partial charge is 0.299 e. The smallest absolute Gasteiger partial charge is 0.110 e. The summed E-state index contributed by atoms with van der Waals surface area (Å²) in [7, 11) is 0. The van der Waals surface area contributed by atoms with Gasteiger partial charge in [0.05, 0.1) is 0 Å². The van der Waals surface area contributed by atoms with E-state index in [1.807, 2.05) is 0 Å². The molecule has 1 rings (SSSR count). The molecule has 0 aromatic rings. The van der Waals surface area contributed by atoms with Crippen LogP contribution in [0.25, 0.3) is 0 Å². The normalized spacial score (nSPS) is 21.6. The Morgan fingerprint density at radius 3 is 2.62 bits per heavy atom. The SMILES string of the molecule is N=C1CCCCN1N. The van der Waals surface area contributed by atoms with E-state index in [4.69, 9.17) is 11.3 Å². The predicted octanol–water partition coefficient (Wildman–Crippen LogP) is 0.323. The molecule has 0 aliphatic carbocycles. The van der Waals surface area contributed by atoms with Gasteiger partial charge >= 0.3 is 0 Å². The third kappa shape index (κ3) is 0.980. The first-order valence-electron chi connectivity index (χ1n) is 2.90. The van der Waals surface area contributed by atoms with Gasteiger partial charge in [-0.15, -0.1) is 0 Å². The van der Waals surface area contributed by atoms with Crippen LogP contribution in [0.4, 0.5) is 0 Å². The molecule has 3 nitrogen and oxygen atoms in total. The Kier molecular flexibility index (Phi) is 1.48.